The third kappa shape index (κ3) is 3.71. The number of fused-ring (bicyclic) bond motifs is 1. The van der Waals surface area contributed by atoms with Crippen LogP contribution in [0.2, 0.25) is 0 Å². The van der Waals surface area contributed by atoms with Gasteiger partial charge in [0.2, 0.25) is 5.95 Å². The van der Waals surface area contributed by atoms with Gasteiger partial charge >= 0.3 is 0 Å². The van der Waals surface area contributed by atoms with E-state index >= 15 is 0 Å². The summed E-state index contributed by atoms with van der Waals surface area (Å²) in [6.07, 6.45) is 0.716. The van der Waals surface area contributed by atoms with E-state index in [2.05, 4.69) is 15.3 Å². The van der Waals surface area contributed by atoms with E-state index in [9.17, 15) is 4.39 Å². The molecular formula is C18H19FN4O2. The second-order valence-electron chi connectivity index (χ2n) is 5.46. The molecule has 0 spiro atoms. The Morgan fingerprint density at radius 1 is 1.04 bits per heavy atom. The van der Waals surface area contributed by atoms with E-state index < -0.39 is 0 Å². The quantitative estimate of drug-likeness (QED) is 0.716. The first-order valence-corrected chi connectivity index (χ1v) is 7.78. The molecule has 6 nitrogen and oxygen atoms in total. The number of ether oxygens (including phenoxy) is 2. The molecule has 0 saturated carbocycles. The fourth-order valence-electron chi connectivity index (χ4n) is 2.53. The summed E-state index contributed by atoms with van der Waals surface area (Å²) in [4.78, 5) is 8.74. The summed E-state index contributed by atoms with van der Waals surface area (Å²) in [5, 5.41) is 3.83. The Balaban J connectivity index is 1.78. The molecule has 3 aromatic rings. The number of hydrogen-bond donors (Lipinski definition) is 2. The van der Waals surface area contributed by atoms with Crippen molar-refractivity contribution in [2.45, 2.75) is 6.42 Å². The van der Waals surface area contributed by atoms with Crippen molar-refractivity contribution in [2.24, 2.45) is 0 Å². The third-order valence-electron chi connectivity index (χ3n) is 3.84. The fourth-order valence-corrected chi connectivity index (χ4v) is 2.53. The average Bonchev–Trinajstić information content (AvgIpc) is 2.62. The summed E-state index contributed by atoms with van der Waals surface area (Å²) in [5.41, 5.74) is 7.73. The van der Waals surface area contributed by atoms with Gasteiger partial charge in [0.05, 0.1) is 19.7 Å². The first-order valence-electron chi connectivity index (χ1n) is 7.78. The highest BCUT2D eigenvalue weighted by Crippen LogP contribution is 2.33. The number of rotatable bonds is 6. The van der Waals surface area contributed by atoms with Crippen LogP contribution in [-0.2, 0) is 6.42 Å². The van der Waals surface area contributed by atoms with Crippen LogP contribution in [0.3, 0.4) is 0 Å². The summed E-state index contributed by atoms with van der Waals surface area (Å²) in [7, 11) is 3.13. The molecule has 3 rings (SSSR count). The standard InChI is InChI=1S/C18H19FN4O2/c1-24-15-9-13-14(10-16(15)25-2)22-18(23-17(13)20)21-8-7-11-3-5-12(19)6-4-11/h3-6,9-10H,7-8H2,1-2H3,(H3,20,21,22,23). The first-order chi connectivity index (χ1) is 12.1. The van der Waals surface area contributed by atoms with E-state index in [0.717, 1.165) is 5.56 Å². The third-order valence-corrected chi connectivity index (χ3v) is 3.84. The molecule has 0 bridgehead atoms. The van der Waals surface area contributed by atoms with Crippen molar-refractivity contribution in [2.75, 3.05) is 31.8 Å². The predicted molar refractivity (Wildman–Crippen MR) is 95.6 cm³/mol. The molecule has 0 aliphatic heterocycles. The lowest BCUT2D eigenvalue weighted by Crippen LogP contribution is -2.09. The summed E-state index contributed by atoms with van der Waals surface area (Å²) in [5.74, 6) is 1.69. The second kappa shape index (κ2) is 7.21. The zero-order chi connectivity index (χ0) is 17.8. The zero-order valence-electron chi connectivity index (χ0n) is 14.0. The second-order valence-corrected chi connectivity index (χ2v) is 5.46. The van der Waals surface area contributed by atoms with Gasteiger partial charge in [0.15, 0.2) is 11.5 Å². The molecule has 0 aliphatic carbocycles. The Labute approximate surface area is 144 Å². The van der Waals surface area contributed by atoms with Crippen LogP contribution in [0, 0.1) is 5.82 Å². The van der Waals surface area contributed by atoms with Crippen LogP contribution in [0.15, 0.2) is 36.4 Å². The van der Waals surface area contributed by atoms with E-state index in [4.69, 9.17) is 15.2 Å². The maximum atomic E-state index is 12.9. The summed E-state index contributed by atoms with van der Waals surface area (Å²) in [6.45, 7) is 0.601. The minimum atomic E-state index is -0.244. The predicted octanol–water partition coefficient (Wildman–Crippen LogP) is 3.02. The molecule has 0 atom stereocenters. The van der Waals surface area contributed by atoms with E-state index in [0.29, 0.717) is 47.1 Å². The molecule has 0 aliphatic rings. The van der Waals surface area contributed by atoms with E-state index in [1.54, 1.807) is 38.5 Å². The van der Waals surface area contributed by atoms with Gasteiger partial charge in [-0.15, -0.1) is 0 Å². The number of halogens is 1. The maximum absolute atomic E-state index is 12.9. The van der Waals surface area contributed by atoms with Crippen molar-refractivity contribution in [1.82, 2.24) is 9.97 Å². The van der Waals surface area contributed by atoms with Gasteiger partial charge in [-0.1, -0.05) is 12.1 Å². The van der Waals surface area contributed by atoms with Crippen molar-refractivity contribution in [1.29, 1.82) is 0 Å². The van der Waals surface area contributed by atoms with Crippen LogP contribution in [0.4, 0.5) is 16.2 Å². The van der Waals surface area contributed by atoms with Gasteiger partial charge in [-0.25, -0.2) is 9.37 Å². The molecule has 2 aromatic carbocycles. The lowest BCUT2D eigenvalue weighted by atomic mass is 10.1. The van der Waals surface area contributed by atoms with Crippen LogP contribution >= 0.6 is 0 Å². The van der Waals surface area contributed by atoms with Gasteiger partial charge in [-0.3, -0.25) is 0 Å². The highest BCUT2D eigenvalue weighted by molar-refractivity contribution is 5.91. The van der Waals surface area contributed by atoms with Crippen molar-refractivity contribution in [3.05, 3.63) is 47.8 Å². The molecule has 7 heteroatoms. The summed E-state index contributed by atoms with van der Waals surface area (Å²) >= 11 is 0. The lowest BCUT2D eigenvalue weighted by Gasteiger charge is -2.11. The smallest absolute Gasteiger partial charge is 0.225 e. The Hall–Kier alpha value is -3.09. The molecule has 0 saturated heterocycles. The topological polar surface area (TPSA) is 82.3 Å². The lowest BCUT2D eigenvalue weighted by molar-refractivity contribution is 0.356. The number of hydrogen-bond acceptors (Lipinski definition) is 6. The largest absolute Gasteiger partial charge is 0.493 e. The Morgan fingerprint density at radius 3 is 2.40 bits per heavy atom. The average molecular weight is 342 g/mol. The molecular weight excluding hydrogens is 323 g/mol. The monoisotopic (exact) mass is 342 g/mol. The number of aromatic nitrogens is 2. The molecule has 0 radical (unpaired) electrons. The molecule has 1 aromatic heterocycles. The molecule has 25 heavy (non-hydrogen) atoms. The van der Waals surface area contributed by atoms with E-state index in [1.165, 1.54) is 12.1 Å². The maximum Gasteiger partial charge on any atom is 0.225 e. The summed E-state index contributed by atoms with van der Waals surface area (Å²) in [6, 6.07) is 9.91. The number of nitrogens with one attached hydrogen (secondary N) is 1. The minimum Gasteiger partial charge on any atom is -0.493 e. The molecule has 1 heterocycles. The van der Waals surface area contributed by atoms with Gasteiger partial charge in [0.1, 0.15) is 11.6 Å². The first kappa shape index (κ1) is 16.8. The van der Waals surface area contributed by atoms with Crippen LogP contribution in [0.1, 0.15) is 5.56 Å². The number of anilines is 2. The molecule has 0 fully saturated rings. The van der Waals surface area contributed by atoms with Gasteiger partial charge in [0, 0.05) is 18.0 Å². The zero-order valence-corrected chi connectivity index (χ0v) is 14.0. The van der Waals surface area contributed by atoms with Gasteiger partial charge in [-0.2, -0.15) is 4.98 Å². The van der Waals surface area contributed by atoms with Crippen molar-refractivity contribution in [3.8, 4) is 11.5 Å². The Bertz CT molecular complexity index is 884. The number of nitrogens with zero attached hydrogens (tertiary/aromatic N) is 2. The van der Waals surface area contributed by atoms with Crippen LogP contribution in [0.5, 0.6) is 11.5 Å². The van der Waals surface area contributed by atoms with Gasteiger partial charge in [0.25, 0.3) is 0 Å². The van der Waals surface area contributed by atoms with Crippen molar-refractivity contribution in [3.63, 3.8) is 0 Å². The number of benzene rings is 2. The normalized spacial score (nSPS) is 10.7. The molecule has 130 valence electrons. The Kier molecular flexibility index (Phi) is 4.83. The molecule has 0 amide bonds. The highest BCUT2D eigenvalue weighted by Gasteiger charge is 2.11. The van der Waals surface area contributed by atoms with E-state index in [-0.39, 0.29) is 5.82 Å². The van der Waals surface area contributed by atoms with Crippen LogP contribution in [0.25, 0.3) is 10.9 Å². The number of nitrogens with two attached hydrogens (primary N) is 1. The van der Waals surface area contributed by atoms with Crippen molar-refractivity contribution < 1.29 is 13.9 Å². The Morgan fingerprint density at radius 2 is 1.72 bits per heavy atom. The fraction of sp³-hybridized carbons (Fsp3) is 0.222. The minimum absolute atomic E-state index is 0.244. The number of methoxy groups -OCH3 is 2. The van der Waals surface area contributed by atoms with Crippen molar-refractivity contribution >= 4 is 22.7 Å². The van der Waals surface area contributed by atoms with Gasteiger partial charge < -0.3 is 20.5 Å². The van der Waals surface area contributed by atoms with Crippen LogP contribution in [-0.4, -0.2) is 30.7 Å². The van der Waals surface area contributed by atoms with Gasteiger partial charge in [-0.05, 0) is 30.2 Å². The van der Waals surface area contributed by atoms with Crippen LogP contribution < -0.4 is 20.5 Å². The number of nitrogen functional groups attached to an aromatic ring is 1. The van der Waals surface area contributed by atoms with E-state index in [1.807, 2.05) is 0 Å². The molecule has 3 N–H and O–H groups in total. The summed E-state index contributed by atoms with van der Waals surface area (Å²) < 4.78 is 23.5. The SMILES string of the molecule is COc1cc2nc(NCCc3ccc(F)cc3)nc(N)c2cc1OC. The molecule has 0 unspecified atom stereocenters. The highest BCUT2D eigenvalue weighted by atomic mass is 19.1.